The van der Waals surface area contributed by atoms with Crippen LogP contribution in [0.1, 0.15) is 30.0 Å². The summed E-state index contributed by atoms with van der Waals surface area (Å²) in [6.07, 6.45) is 1.38. The van der Waals surface area contributed by atoms with Crippen molar-refractivity contribution in [3.8, 4) is 17.2 Å². The molecule has 1 aliphatic heterocycles. The van der Waals surface area contributed by atoms with Gasteiger partial charge in [0.15, 0.2) is 0 Å². The monoisotopic (exact) mass is 570 g/mol. The number of ether oxygens (including phenoxy) is 3. The summed E-state index contributed by atoms with van der Waals surface area (Å²) in [4.78, 5) is 27.0. The summed E-state index contributed by atoms with van der Waals surface area (Å²) in [5, 5.41) is 13.5. The molecule has 1 unspecified atom stereocenters. The second-order valence-electron chi connectivity index (χ2n) is 9.63. The van der Waals surface area contributed by atoms with Gasteiger partial charge >= 0.3 is 5.97 Å². The van der Waals surface area contributed by atoms with E-state index in [1.807, 2.05) is 18.2 Å². The first-order valence-electron chi connectivity index (χ1n) is 12.5. The Kier molecular flexibility index (Phi) is 7.77. The molecule has 1 aliphatic carbocycles. The van der Waals surface area contributed by atoms with Crippen LogP contribution >= 0.6 is 23.2 Å². The molecular weight excluding hydrogens is 543 g/mol. The number of methoxy groups -OCH3 is 2. The zero-order chi connectivity index (χ0) is 27.7. The Morgan fingerprint density at radius 1 is 1.00 bits per heavy atom. The van der Waals surface area contributed by atoms with Gasteiger partial charge in [0.05, 0.1) is 25.2 Å². The van der Waals surface area contributed by atoms with Gasteiger partial charge in [-0.3, -0.25) is 9.59 Å². The van der Waals surface area contributed by atoms with E-state index in [4.69, 9.17) is 42.5 Å². The minimum Gasteiger partial charge on any atom is -0.497 e. The van der Waals surface area contributed by atoms with Gasteiger partial charge in [0, 0.05) is 41.1 Å². The predicted octanol–water partition coefficient (Wildman–Crippen LogP) is 6.00. The molecule has 1 heterocycles. The number of carboxylic acid groups (broad SMARTS) is 1. The quantitative estimate of drug-likeness (QED) is 0.326. The Morgan fingerprint density at radius 3 is 2.38 bits per heavy atom. The van der Waals surface area contributed by atoms with Crippen molar-refractivity contribution < 1.29 is 28.9 Å². The summed E-state index contributed by atoms with van der Waals surface area (Å²) in [5.41, 5.74) is 3.07. The van der Waals surface area contributed by atoms with Gasteiger partial charge in [0.25, 0.3) is 5.91 Å². The van der Waals surface area contributed by atoms with Gasteiger partial charge in [0.1, 0.15) is 29.4 Å². The van der Waals surface area contributed by atoms with E-state index in [9.17, 15) is 9.59 Å². The van der Waals surface area contributed by atoms with Gasteiger partial charge in [-0.25, -0.2) is 0 Å². The highest BCUT2D eigenvalue weighted by Gasteiger charge is 2.36. The number of fused-ring (bicyclic) bond motifs is 1. The highest BCUT2D eigenvalue weighted by molar-refractivity contribution is 6.32. The Labute approximate surface area is 236 Å². The molecule has 204 valence electrons. The molecule has 2 aliphatic rings. The van der Waals surface area contributed by atoms with E-state index < -0.39 is 12.0 Å². The number of carboxylic acids is 1. The summed E-state index contributed by atoms with van der Waals surface area (Å²) in [6.45, 7) is 0.502. The number of halogens is 2. The average Bonchev–Trinajstić information content (AvgIpc) is 3.31. The Bertz CT molecular complexity index is 1390. The molecule has 1 atom stereocenters. The van der Waals surface area contributed by atoms with Gasteiger partial charge in [0.2, 0.25) is 0 Å². The van der Waals surface area contributed by atoms with Crippen LogP contribution in [0.3, 0.4) is 0 Å². The second kappa shape index (κ2) is 11.2. The van der Waals surface area contributed by atoms with Crippen LogP contribution in [0.2, 0.25) is 10.0 Å². The number of hydrogen-bond acceptors (Lipinski definition) is 6. The minimum atomic E-state index is -0.810. The largest absolute Gasteiger partial charge is 0.497 e. The van der Waals surface area contributed by atoms with Crippen LogP contribution in [0.5, 0.6) is 17.2 Å². The number of nitrogens with one attached hydrogen (secondary N) is 1. The number of benzene rings is 3. The minimum absolute atomic E-state index is 0.161. The van der Waals surface area contributed by atoms with Crippen molar-refractivity contribution in [2.45, 2.75) is 31.4 Å². The summed E-state index contributed by atoms with van der Waals surface area (Å²) < 4.78 is 16.9. The summed E-state index contributed by atoms with van der Waals surface area (Å²) in [7, 11) is 3.11. The molecule has 1 saturated carbocycles. The Morgan fingerprint density at radius 2 is 1.72 bits per heavy atom. The van der Waals surface area contributed by atoms with E-state index in [2.05, 4.69) is 5.32 Å². The fourth-order valence-corrected chi connectivity index (χ4v) is 5.30. The van der Waals surface area contributed by atoms with E-state index in [-0.39, 0.29) is 17.9 Å². The number of amides is 1. The number of aliphatic carboxylic acids is 1. The van der Waals surface area contributed by atoms with E-state index >= 15 is 0 Å². The molecule has 39 heavy (non-hydrogen) atoms. The third kappa shape index (κ3) is 5.72. The van der Waals surface area contributed by atoms with Crippen molar-refractivity contribution in [2.24, 2.45) is 5.92 Å². The molecular formula is C29H28Cl2N2O6. The predicted molar refractivity (Wildman–Crippen MR) is 150 cm³/mol. The van der Waals surface area contributed by atoms with Crippen LogP contribution in [0.4, 0.5) is 11.4 Å². The van der Waals surface area contributed by atoms with Gasteiger partial charge in [-0.15, -0.1) is 0 Å². The number of anilines is 2. The standard InChI is InChI=1S/C29H28Cl2N2O6/c1-37-21-12-20(13-23(14-21)39-22-9-18(10-22)29(35)36)32-27(16-3-5-19(30)6-4-16)28(34)33-8-7-17-11-26(38-2)24(31)15-25(17)33/h3-6,11-15,18,22,27,32H,7-10H2,1-2H3,(H,35,36)/t18-,22+,27?. The molecule has 8 nitrogen and oxygen atoms in total. The van der Waals surface area contributed by atoms with Gasteiger partial charge in [-0.1, -0.05) is 35.3 Å². The highest BCUT2D eigenvalue weighted by atomic mass is 35.5. The number of nitrogens with zero attached hydrogens (tertiary/aromatic N) is 1. The van der Waals surface area contributed by atoms with Crippen LogP contribution in [0, 0.1) is 5.92 Å². The summed E-state index contributed by atoms with van der Waals surface area (Å²) in [5.74, 6) is 0.278. The lowest BCUT2D eigenvalue weighted by molar-refractivity contribution is -0.147. The Balaban J connectivity index is 1.44. The van der Waals surface area contributed by atoms with Crippen LogP contribution in [0.25, 0.3) is 0 Å². The molecule has 0 aromatic heterocycles. The van der Waals surface area contributed by atoms with Crippen molar-refractivity contribution in [1.82, 2.24) is 0 Å². The lowest BCUT2D eigenvalue weighted by Gasteiger charge is -2.32. The van der Waals surface area contributed by atoms with Gasteiger partial charge in [-0.2, -0.15) is 0 Å². The fourth-order valence-electron chi connectivity index (χ4n) is 4.94. The first-order chi connectivity index (χ1) is 18.7. The van der Waals surface area contributed by atoms with Crippen LogP contribution < -0.4 is 24.4 Å². The number of rotatable bonds is 9. The lowest BCUT2D eigenvalue weighted by Crippen LogP contribution is -2.38. The first-order valence-corrected chi connectivity index (χ1v) is 13.3. The van der Waals surface area contributed by atoms with Crippen LogP contribution in [-0.2, 0) is 16.0 Å². The van der Waals surface area contributed by atoms with E-state index in [0.29, 0.717) is 58.8 Å². The smallest absolute Gasteiger partial charge is 0.306 e. The molecule has 2 N–H and O–H groups in total. The summed E-state index contributed by atoms with van der Waals surface area (Å²) >= 11 is 12.5. The SMILES string of the molecule is COc1cc(NC(C(=O)N2CCc3cc(OC)c(Cl)cc32)c2ccc(Cl)cc2)cc(O[C@H]2C[C@@H](C(=O)O)C2)c1. The second-order valence-corrected chi connectivity index (χ2v) is 10.5. The van der Waals surface area contributed by atoms with Crippen molar-refractivity contribution in [3.63, 3.8) is 0 Å². The van der Waals surface area contributed by atoms with E-state index in [1.165, 1.54) is 0 Å². The number of carbonyl (C=O) groups excluding carboxylic acids is 1. The molecule has 3 aromatic rings. The van der Waals surface area contributed by atoms with Gasteiger partial charge < -0.3 is 29.5 Å². The first kappa shape index (κ1) is 27.0. The highest BCUT2D eigenvalue weighted by Crippen LogP contribution is 2.39. The molecule has 0 spiro atoms. The molecule has 0 bridgehead atoms. The molecule has 0 saturated heterocycles. The molecule has 10 heteroatoms. The number of carbonyl (C=O) groups is 2. The topological polar surface area (TPSA) is 97.3 Å². The molecule has 5 rings (SSSR count). The maximum Gasteiger partial charge on any atom is 0.306 e. The van der Waals surface area contributed by atoms with Gasteiger partial charge in [-0.05, 0) is 54.7 Å². The fraction of sp³-hybridized carbons (Fsp3) is 0.310. The molecule has 1 amide bonds. The summed E-state index contributed by atoms with van der Waals surface area (Å²) in [6, 6.07) is 15.3. The third-order valence-corrected chi connectivity index (χ3v) is 7.69. The van der Waals surface area contributed by atoms with Crippen molar-refractivity contribution in [2.75, 3.05) is 31.0 Å². The van der Waals surface area contributed by atoms with E-state index in [0.717, 1.165) is 16.8 Å². The number of hydrogen-bond donors (Lipinski definition) is 2. The van der Waals surface area contributed by atoms with Crippen molar-refractivity contribution >= 4 is 46.5 Å². The molecule has 3 aromatic carbocycles. The van der Waals surface area contributed by atoms with Crippen molar-refractivity contribution in [1.29, 1.82) is 0 Å². The van der Waals surface area contributed by atoms with Crippen LogP contribution in [0.15, 0.2) is 54.6 Å². The lowest BCUT2D eigenvalue weighted by atomic mass is 9.82. The zero-order valence-corrected chi connectivity index (χ0v) is 23.0. The zero-order valence-electron chi connectivity index (χ0n) is 21.4. The average molecular weight is 571 g/mol. The van der Waals surface area contributed by atoms with E-state index in [1.54, 1.807) is 55.5 Å². The Hall–Kier alpha value is -3.62. The normalized spacial score (nSPS) is 18.5. The third-order valence-electron chi connectivity index (χ3n) is 7.14. The maximum atomic E-state index is 14.1. The maximum absolute atomic E-state index is 14.1. The van der Waals surface area contributed by atoms with Crippen molar-refractivity contribution in [3.05, 3.63) is 75.8 Å². The molecule has 1 fully saturated rings. The van der Waals surface area contributed by atoms with Crippen LogP contribution in [-0.4, -0.2) is 43.9 Å². The molecule has 0 radical (unpaired) electrons.